The Morgan fingerprint density at radius 2 is 2.00 bits per heavy atom. The second kappa shape index (κ2) is 4.40. The molecule has 1 rings (SSSR count). The van der Waals surface area contributed by atoms with Crippen LogP contribution in [0, 0.1) is 0 Å². The van der Waals surface area contributed by atoms with Crippen molar-refractivity contribution < 1.29 is 14.7 Å². The third-order valence-electron chi connectivity index (χ3n) is 1.72. The Balaban J connectivity index is 2.78. The largest absolute Gasteiger partial charge is 0.481 e. The molecule has 0 aliphatic carbocycles. The Kier molecular flexibility index (Phi) is 3.20. The summed E-state index contributed by atoms with van der Waals surface area (Å²) in [4.78, 5) is 20.8. The van der Waals surface area contributed by atoms with Gasteiger partial charge in [-0.05, 0) is 5.56 Å². The van der Waals surface area contributed by atoms with E-state index in [1.54, 1.807) is 30.6 Å². The van der Waals surface area contributed by atoms with E-state index in [2.05, 4.69) is 0 Å². The summed E-state index contributed by atoms with van der Waals surface area (Å²) >= 11 is 0. The van der Waals surface area contributed by atoms with E-state index in [4.69, 9.17) is 5.11 Å². The molecule has 0 aliphatic rings. The van der Waals surface area contributed by atoms with Gasteiger partial charge in [0.25, 0.3) is 0 Å². The second-order valence-electron chi connectivity index (χ2n) is 2.68. The van der Waals surface area contributed by atoms with Gasteiger partial charge in [-0.1, -0.05) is 30.3 Å². The van der Waals surface area contributed by atoms with Gasteiger partial charge in [0.05, 0.1) is 12.3 Å². The van der Waals surface area contributed by atoms with Crippen molar-refractivity contribution in [3.63, 3.8) is 0 Å². The summed E-state index contributed by atoms with van der Waals surface area (Å²) in [5.74, 6) is -1.64. The summed E-state index contributed by atoms with van der Waals surface area (Å²) in [6.07, 6.45) is 1.52. The van der Waals surface area contributed by atoms with E-state index in [-0.39, 0.29) is 6.42 Å². The number of hydrogen-bond donors (Lipinski definition) is 1. The smallest absolute Gasteiger partial charge is 0.304 e. The predicted molar refractivity (Wildman–Crippen MR) is 47.1 cm³/mol. The molecule has 0 aromatic heterocycles. The Morgan fingerprint density at radius 3 is 2.46 bits per heavy atom. The minimum atomic E-state index is -0.989. The van der Waals surface area contributed by atoms with Crippen LogP contribution in [0.3, 0.4) is 0 Å². The summed E-state index contributed by atoms with van der Waals surface area (Å²) in [5.41, 5.74) is 0.694. The monoisotopic (exact) mass is 177 g/mol. The van der Waals surface area contributed by atoms with Gasteiger partial charge in [-0.15, -0.1) is 0 Å². The van der Waals surface area contributed by atoms with Crippen molar-refractivity contribution in [2.45, 2.75) is 12.3 Å². The zero-order valence-corrected chi connectivity index (χ0v) is 6.93. The van der Waals surface area contributed by atoms with Crippen LogP contribution in [0.2, 0.25) is 0 Å². The molecule has 13 heavy (non-hydrogen) atoms. The minimum absolute atomic E-state index is 0.201. The van der Waals surface area contributed by atoms with Crippen molar-refractivity contribution in [3.05, 3.63) is 35.9 Å². The molecule has 3 heteroatoms. The van der Waals surface area contributed by atoms with E-state index in [9.17, 15) is 9.59 Å². The summed E-state index contributed by atoms with van der Waals surface area (Å²) in [6.45, 7) is 0. The van der Waals surface area contributed by atoms with Crippen LogP contribution in [0.4, 0.5) is 0 Å². The maximum Gasteiger partial charge on any atom is 0.304 e. The highest BCUT2D eigenvalue weighted by Crippen LogP contribution is 2.16. The summed E-state index contributed by atoms with van der Waals surface area (Å²) in [7, 11) is 0. The molecule has 0 saturated heterocycles. The number of hydrogen-bond acceptors (Lipinski definition) is 2. The summed E-state index contributed by atoms with van der Waals surface area (Å²) < 4.78 is 0. The molecule has 1 unspecified atom stereocenters. The lowest BCUT2D eigenvalue weighted by atomic mass is 9.98. The predicted octanol–water partition coefficient (Wildman–Crippen LogP) is 1.35. The van der Waals surface area contributed by atoms with E-state index in [0.29, 0.717) is 5.56 Å². The fourth-order valence-corrected chi connectivity index (χ4v) is 1.09. The summed E-state index contributed by atoms with van der Waals surface area (Å²) in [5, 5.41) is 8.50. The van der Waals surface area contributed by atoms with E-state index in [0.717, 1.165) is 0 Å². The zero-order valence-electron chi connectivity index (χ0n) is 6.93. The average Bonchev–Trinajstić information content (AvgIpc) is 2.15. The lowest BCUT2D eigenvalue weighted by Crippen LogP contribution is -2.07. The molecule has 0 fully saturated rings. The van der Waals surface area contributed by atoms with Gasteiger partial charge in [-0.25, -0.2) is 0 Å². The first kappa shape index (κ1) is 9.45. The normalized spacial score (nSPS) is 12.0. The highest BCUT2D eigenvalue weighted by atomic mass is 16.4. The first-order valence-electron chi connectivity index (χ1n) is 3.88. The van der Waals surface area contributed by atoms with Crippen molar-refractivity contribution in [1.29, 1.82) is 0 Å². The number of carboxylic acid groups (broad SMARTS) is 1. The van der Waals surface area contributed by atoms with E-state index in [1.165, 1.54) is 0 Å². The molecule has 0 saturated carbocycles. The minimum Gasteiger partial charge on any atom is -0.481 e. The van der Waals surface area contributed by atoms with Crippen LogP contribution in [-0.4, -0.2) is 17.4 Å². The van der Waals surface area contributed by atoms with E-state index >= 15 is 0 Å². The molecule has 1 aromatic rings. The molecule has 0 amide bonds. The lowest BCUT2D eigenvalue weighted by Gasteiger charge is -2.05. The highest BCUT2D eigenvalue weighted by molar-refractivity contribution is 5.75. The fraction of sp³-hybridized carbons (Fsp3) is 0.200. The van der Waals surface area contributed by atoms with Crippen molar-refractivity contribution in [2.75, 3.05) is 0 Å². The number of rotatable bonds is 4. The molecular weight excluding hydrogens is 168 g/mol. The van der Waals surface area contributed by atoms with Gasteiger partial charge in [0.1, 0.15) is 0 Å². The molecule has 0 spiro atoms. The van der Waals surface area contributed by atoms with E-state index in [1.807, 2.05) is 6.07 Å². The van der Waals surface area contributed by atoms with Crippen LogP contribution in [0.5, 0.6) is 0 Å². The topological polar surface area (TPSA) is 54.4 Å². The number of aliphatic carboxylic acids is 1. The standard InChI is InChI=1S/C10H9O3/c11-7-9(6-10(12)13)8-4-2-1-3-5-8/h1-5,9H,6H2,(H,12,13). The first-order valence-corrected chi connectivity index (χ1v) is 3.88. The Hall–Kier alpha value is -1.64. The number of benzene rings is 1. The van der Waals surface area contributed by atoms with Crippen LogP contribution in [0.1, 0.15) is 17.9 Å². The molecule has 1 aromatic carbocycles. The average molecular weight is 177 g/mol. The van der Waals surface area contributed by atoms with Gasteiger partial charge >= 0.3 is 5.97 Å². The molecule has 3 nitrogen and oxygen atoms in total. The van der Waals surface area contributed by atoms with Gasteiger partial charge in [0.15, 0.2) is 0 Å². The van der Waals surface area contributed by atoms with Crippen molar-refractivity contribution in [2.24, 2.45) is 0 Å². The SMILES string of the molecule is O=[C]C(CC(=O)O)c1ccccc1. The molecule has 0 bridgehead atoms. The van der Waals surface area contributed by atoms with Gasteiger partial charge in [0, 0.05) is 0 Å². The molecule has 0 heterocycles. The Labute approximate surface area is 76.0 Å². The van der Waals surface area contributed by atoms with Crippen LogP contribution in [-0.2, 0) is 9.59 Å². The van der Waals surface area contributed by atoms with Crippen molar-refractivity contribution >= 4 is 12.3 Å². The van der Waals surface area contributed by atoms with Gasteiger partial charge in [-0.3, -0.25) is 9.59 Å². The molecule has 1 atom stereocenters. The highest BCUT2D eigenvalue weighted by Gasteiger charge is 2.14. The summed E-state index contributed by atoms with van der Waals surface area (Å²) in [6, 6.07) is 8.78. The van der Waals surface area contributed by atoms with Crippen LogP contribution in [0.25, 0.3) is 0 Å². The molecular formula is C10H9O3. The zero-order chi connectivity index (χ0) is 9.68. The number of carbonyl (C=O) groups is 1. The third kappa shape index (κ3) is 2.71. The van der Waals surface area contributed by atoms with Gasteiger partial charge in [-0.2, -0.15) is 0 Å². The Bertz CT molecular complexity index is 292. The van der Waals surface area contributed by atoms with E-state index < -0.39 is 11.9 Å². The number of carbonyl (C=O) groups excluding carboxylic acids is 1. The van der Waals surface area contributed by atoms with Crippen LogP contribution >= 0.6 is 0 Å². The third-order valence-corrected chi connectivity index (χ3v) is 1.72. The van der Waals surface area contributed by atoms with Gasteiger partial charge in [0.2, 0.25) is 6.29 Å². The molecule has 1 N–H and O–H groups in total. The molecule has 1 radical (unpaired) electrons. The first-order chi connectivity index (χ1) is 6.24. The molecule has 0 aliphatic heterocycles. The van der Waals surface area contributed by atoms with Crippen LogP contribution < -0.4 is 0 Å². The lowest BCUT2D eigenvalue weighted by molar-refractivity contribution is -0.137. The quantitative estimate of drug-likeness (QED) is 0.755. The Morgan fingerprint density at radius 1 is 1.38 bits per heavy atom. The number of carboxylic acids is 1. The second-order valence-corrected chi connectivity index (χ2v) is 2.68. The molecule has 67 valence electrons. The van der Waals surface area contributed by atoms with Crippen LogP contribution in [0.15, 0.2) is 30.3 Å². The van der Waals surface area contributed by atoms with Crippen molar-refractivity contribution in [3.8, 4) is 0 Å². The van der Waals surface area contributed by atoms with Crippen molar-refractivity contribution in [1.82, 2.24) is 0 Å². The fourth-order valence-electron chi connectivity index (χ4n) is 1.09. The maximum absolute atomic E-state index is 10.5. The maximum atomic E-state index is 10.5. The van der Waals surface area contributed by atoms with Gasteiger partial charge < -0.3 is 5.11 Å².